The zero-order valence-electron chi connectivity index (χ0n) is 13.3. The van der Waals surface area contributed by atoms with E-state index >= 15 is 0 Å². The molecule has 0 aliphatic heterocycles. The van der Waals surface area contributed by atoms with Gasteiger partial charge in [0.25, 0.3) is 0 Å². The molecule has 7 nitrogen and oxygen atoms in total. The molecule has 0 aromatic rings. The van der Waals surface area contributed by atoms with Gasteiger partial charge in [0, 0.05) is 25.7 Å². The first kappa shape index (κ1) is 18.2. The minimum atomic E-state index is -0.721. The Hall–Kier alpha value is -1.79. The molecule has 0 atom stereocenters. The number of nitrogens with zero attached hydrogens (tertiary/aromatic N) is 3. The molecule has 0 fully saturated rings. The van der Waals surface area contributed by atoms with Crippen LogP contribution in [-0.2, 0) is 4.74 Å². The maximum Gasteiger partial charge on any atom is 0.436 e. The van der Waals surface area contributed by atoms with E-state index in [4.69, 9.17) is 0 Å². The quantitative estimate of drug-likeness (QED) is 0.632. The predicted molar refractivity (Wildman–Crippen MR) is 78.8 cm³/mol. The van der Waals surface area contributed by atoms with Gasteiger partial charge < -0.3 is 15.0 Å². The fourth-order valence-electron chi connectivity index (χ4n) is 1.70. The zero-order valence-corrected chi connectivity index (χ0v) is 13.3. The lowest BCUT2D eigenvalue weighted by Crippen LogP contribution is -2.54. The molecule has 20 heavy (non-hydrogen) atoms. The Morgan fingerprint density at radius 2 is 1.75 bits per heavy atom. The summed E-state index contributed by atoms with van der Waals surface area (Å²) in [7, 11) is 1.26. The molecular weight excluding hydrogens is 260 g/mol. The number of carbonyl (C=O) groups excluding carboxylic acids is 2. The van der Waals surface area contributed by atoms with E-state index in [9.17, 15) is 9.59 Å². The Kier molecular flexibility index (Phi) is 8.35. The highest BCUT2D eigenvalue weighted by Gasteiger charge is 2.26. The number of carbonyl (C=O) groups is 2. The van der Waals surface area contributed by atoms with Crippen LogP contribution in [0.3, 0.4) is 0 Å². The molecule has 0 aliphatic rings. The molecule has 0 unspecified atom stereocenters. The molecule has 0 saturated carbocycles. The maximum absolute atomic E-state index is 12.2. The van der Waals surface area contributed by atoms with Crippen molar-refractivity contribution >= 4 is 18.1 Å². The van der Waals surface area contributed by atoms with Gasteiger partial charge in [0.15, 0.2) is 0 Å². The summed E-state index contributed by atoms with van der Waals surface area (Å²) >= 11 is 0. The lowest BCUT2D eigenvalue weighted by atomic mass is 10.3. The zero-order chi connectivity index (χ0) is 15.7. The Morgan fingerprint density at radius 3 is 2.10 bits per heavy atom. The average Bonchev–Trinajstić information content (AvgIpc) is 2.39. The van der Waals surface area contributed by atoms with Gasteiger partial charge in [-0.25, -0.2) is 9.59 Å². The number of amides is 3. The van der Waals surface area contributed by atoms with Crippen LogP contribution in [0.25, 0.3) is 0 Å². The fraction of sp³-hybridized carbons (Fsp3) is 0.769. The molecule has 7 heteroatoms. The van der Waals surface area contributed by atoms with Crippen LogP contribution in [0.5, 0.6) is 0 Å². The van der Waals surface area contributed by atoms with Gasteiger partial charge in [-0.15, -0.1) is 4.99 Å². The van der Waals surface area contributed by atoms with Crippen LogP contribution in [0, 0.1) is 0 Å². The highest BCUT2D eigenvalue weighted by Crippen LogP contribution is 2.07. The first-order valence-electron chi connectivity index (χ1n) is 6.91. The van der Waals surface area contributed by atoms with Crippen LogP contribution in [0.15, 0.2) is 4.99 Å². The highest BCUT2D eigenvalue weighted by molar-refractivity contribution is 6.00. The van der Waals surface area contributed by atoms with E-state index in [1.54, 1.807) is 0 Å². The van der Waals surface area contributed by atoms with Crippen molar-refractivity contribution in [3.8, 4) is 0 Å². The molecule has 0 spiro atoms. The first-order valence-corrected chi connectivity index (χ1v) is 6.91. The minimum absolute atomic E-state index is 0.134. The predicted octanol–water partition coefficient (Wildman–Crippen LogP) is 1.89. The third kappa shape index (κ3) is 5.07. The number of guanidine groups is 1. The van der Waals surface area contributed by atoms with Gasteiger partial charge in [-0.3, -0.25) is 4.90 Å². The van der Waals surface area contributed by atoms with E-state index in [0.717, 1.165) is 0 Å². The van der Waals surface area contributed by atoms with E-state index in [1.807, 2.05) is 39.5 Å². The lowest BCUT2D eigenvalue weighted by molar-refractivity contribution is 0.180. The van der Waals surface area contributed by atoms with Crippen LogP contribution >= 0.6 is 0 Å². The van der Waals surface area contributed by atoms with Crippen LogP contribution in [-0.4, -0.2) is 60.7 Å². The van der Waals surface area contributed by atoms with Crippen molar-refractivity contribution in [2.24, 2.45) is 4.99 Å². The number of rotatable bonds is 4. The minimum Gasteiger partial charge on any atom is -0.451 e. The van der Waals surface area contributed by atoms with E-state index in [1.165, 1.54) is 12.0 Å². The van der Waals surface area contributed by atoms with E-state index in [-0.39, 0.29) is 12.1 Å². The summed E-state index contributed by atoms with van der Waals surface area (Å²) in [6.45, 7) is 11.2. The Morgan fingerprint density at radius 1 is 1.20 bits per heavy atom. The Bertz CT molecular complexity index is 352. The summed E-state index contributed by atoms with van der Waals surface area (Å²) in [6, 6.07) is -0.414. The number of ether oxygens (including phenoxy) is 1. The average molecular weight is 286 g/mol. The second-order valence-electron chi connectivity index (χ2n) is 4.35. The molecule has 3 amide bonds. The standard InChI is InChI=1S/C13H26N4O3/c1-7-14-12(18)17(10(4)5)11(15-13(19)20-6)16(8-2)9-3/h10H,7-9H2,1-6H3,(H,14,18). The third-order valence-electron chi connectivity index (χ3n) is 2.69. The van der Waals surface area contributed by atoms with Gasteiger partial charge >= 0.3 is 12.1 Å². The monoisotopic (exact) mass is 286 g/mol. The molecule has 0 heterocycles. The Balaban J connectivity index is 5.58. The number of aliphatic imine (C=N–C) groups is 1. The number of methoxy groups -OCH3 is 1. The lowest BCUT2D eigenvalue weighted by Gasteiger charge is -2.33. The van der Waals surface area contributed by atoms with Crippen LogP contribution < -0.4 is 5.32 Å². The molecule has 0 rings (SSSR count). The van der Waals surface area contributed by atoms with Gasteiger partial charge in [-0.1, -0.05) is 0 Å². The topological polar surface area (TPSA) is 74.2 Å². The van der Waals surface area contributed by atoms with Gasteiger partial charge in [0.1, 0.15) is 0 Å². The van der Waals surface area contributed by atoms with Crippen molar-refractivity contribution in [2.45, 2.75) is 40.7 Å². The summed E-state index contributed by atoms with van der Waals surface area (Å²) in [5, 5.41) is 2.73. The molecule has 0 aromatic heterocycles. The van der Waals surface area contributed by atoms with Gasteiger partial charge in [-0.2, -0.15) is 0 Å². The molecule has 116 valence electrons. The van der Waals surface area contributed by atoms with E-state index < -0.39 is 6.09 Å². The third-order valence-corrected chi connectivity index (χ3v) is 2.69. The van der Waals surface area contributed by atoms with Crippen LogP contribution in [0.4, 0.5) is 9.59 Å². The number of urea groups is 1. The first-order chi connectivity index (χ1) is 9.42. The number of hydrogen-bond donors (Lipinski definition) is 1. The summed E-state index contributed by atoms with van der Waals surface area (Å²) in [5.74, 6) is 0.308. The molecule has 0 bridgehead atoms. The van der Waals surface area contributed by atoms with Crippen LogP contribution in [0.1, 0.15) is 34.6 Å². The van der Waals surface area contributed by atoms with Crippen molar-refractivity contribution in [1.82, 2.24) is 15.1 Å². The largest absolute Gasteiger partial charge is 0.451 e. The van der Waals surface area contributed by atoms with Gasteiger partial charge in [0.05, 0.1) is 7.11 Å². The second kappa shape index (κ2) is 9.17. The Labute approximate surface area is 121 Å². The van der Waals surface area contributed by atoms with Crippen LogP contribution in [0.2, 0.25) is 0 Å². The summed E-state index contributed by atoms with van der Waals surface area (Å²) in [6.07, 6.45) is -0.721. The van der Waals surface area contributed by atoms with E-state index in [0.29, 0.717) is 25.6 Å². The van der Waals surface area contributed by atoms with Gasteiger partial charge in [0.2, 0.25) is 5.96 Å². The summed E-state index contributed by atoms with van der Waals surface area (Å²) in [4.78, 5) is 30.9. The van der Waals surface area contributed by atoms with Crippen molar-refractivity contribution in [2.75, 3.05) is 26.7 Å². The summed E-state index contributed by atoms with van der Waals surface area (Å²) < 4.78 is 4.58. The highest BCUT2D eigenvalue weighted by atomic mass is 16.5. The molecule has 0 saturated heterocycles. The molecule has 0 aromatic carbocycles. The number of hydrogen-bond acceptors (Lipinski definition) is 3. The fourth-order valence-corrected chi connectivity index (χ4v) is 1.70. The van der Waals surface area contributed by atoms with Crippen molar-refractivity contribution < 1.29 is 14.3 Å². The normalized spacial score (nSPS) is 11.2. The summed E-state index contributed by atoms with van der Waals surface area (Å²) in [5.41, 5.74) is 0. The molecule has 0 radical (unpaired) electrons. The molecule has 0 aliphatic carbocycles. The maximum atomic E-state index is 12.2. The van der Waals surface area contributed by atoms with E-state index in [2.05, 4.69) is 15.0 Å². The van der Waals surface area contributed by atoms with Crippen molar-refractivity contribution in [1.29, 1.82) is 0 Å². The smallest absolute Gasteiger partial charge is 0.436 e. The molecular formula is C13H26N4O3. The molecule has 1 N–H and O–H groups in total. The number of nitrogens with one attached hydrogen (secondary N) is 1. The SMILES string of the molecule is CCNC(=O)N(C(=NC(=O)OC)N(CC)CC)C(C)C. The van der Waals surface area contributed by atoms with Crippen molar-refractivity contribution in [3.05, 3.63) is 0 Å². The van der Waals surface area contributed by atoms with Crippen molar-refractivity contribution in [3.63, 3.8) is 0 Å². The van der Waals surface area contributed by atoms with Gasteiger partial charge in [-0.05, 0) is 34.6 Å². The second-order valence-corrected chi connectivity index (χ2v) is 4.35.